The summed E-state index contributed by atoms with van der Waals surface area (Å²) in [5, 5.41) is 12.2. The second-order valence-corrected chi connectivity index (χ2v) is 6.68. The second-order valence-electron chi connectivity index (χ2n) is 6.68. The van der Waals surface area contributed by atoms with Crippen LogP contribution >= 0.6 is 0 Å². The molecule has 6 nitrogen and oxygen atoms in total. The Kier molecular flexibility index (Phi) is 4.53. The summed E-state index contributed by atoms with van der Waals surface area (Å²) in [4.78, 5) is 15.2. The molecule has 27 heavy (non-hydrogen) atoms. The molecule has 0 amide bonds. The second kappa shape index (κ2) is 7.14. The number of benzene rings is 2. The predicted octanol–water partition coefficient (Wildman–Crippen LogP) is 2.60. The zero-order valence-corrected chi connectivity index (χ0v) is 15.1. The van der Waals surface area contributed by atoms with E-state index in [0.717, 1.165) is 47.8 Å². The first-order valence-electron chi connectivity index (χ1n) is 8.86. The van der Waals surface area contributed by atoms with Gasteiger partial charge in [-0.15, -0.1) is 0 Å². The lowest BCUT2D eigenvalue weighted by atomic mass is 10.1. The molecule has 1 aromatic heterocycles. The van der Waals surface area contributed by atoms with Crippen LogP contribution in [0.5, 0.6) is 5.75 Å². The molecule has 0 atom stereocenters. The van der Waals surface area contributed by atoms with E-state index in [1.54, 1.807) is 11.8 Å². The lowest BCUT2D eigenvalue weighted by Gasteiger charge is -2.25. The average molecular weight is 360 g/mol. The first kappa shape index (κ1) is 17.1. The van der Waals surface area contributed by atoms with E-state index in [1.807, 2.05) is 48.5 Å². The monoisotopic (exact) mass is 360 g/mol. The number of aromatic amines is 1. The van der Waals surface area contributed by atoms with Gasteiger partial charge in [-0.25, -0.2) is 4.68 Å². The van der Waals surface area contributed by atoms with Gasteiger partial charge in [0.15, 0.2) is 0 Å². The molecule has 0 saturated heterocycles. The molecule has 1 aliphatic heterocycles. The number of nitriles is 1. The highest BCUT2D eigenvalue weighted by molar-refractivity contribution is 5.40. The summed E-state index contributed by atoms with van der Waals surface area (Å²) in [6.45, 7) is 2.25. The molecule has 0 fully saturated rings. The number of aromatic nitrogens is 2. The summed E-state index contributed by atoms with van der Waals surface area (Å²) < 4.78 is 6.86. The number of methoxy groups -OCH3 is 1. The fourth-order valence-corrected chi connectivity index (χ4v) is 3.47. The van der Waals surface area contributed by atoms with Gasteiger partial charge >= 0.3 is 0 Å². The largest absolute Gasteiger partial charge is 0.497 e. The highest BCUT2D eigenvalue weighted by Crippen LogP contribution is 2.20. The van der Waals surface area contributed by atoms with Gasteiger partial charge in [-0.05, 0) is 29.8 Å². The smallest absolute Gasteiger partial charge is 0.275 e. The Balaban J connectivity index is 1.57. The molecule has 0 saturated carbocycles. The van der Waals surface area contributed by atoms with Gasteiger partial charge in [-0.2, -0.15) is 5.26 Å². The molecule has 2 heterocycles. The molecule has 0 bridgehead atoms. The Labute approximate surface area is 157 Å². The molecule has 3 aromatic rings. The van der Waals surface area contributed by atoms with Crippen molar-refractivity contribution in [2.45, 2.75) is 19.5 Å². The Hall–Kier alpha value is -3.30. The van der Waals surface area contributed by atoms with E-state index in [9.17, 15) is 4.79 Å². The molecule has 0 aliphatic carbocycles. The van der Waals surface area contributed by atoms with Crippen molar-refractivity contribution in [3.05, 3.63) is 81.3 Å². The Morgan fingerprint density at radius 2 is 2.04 bits per heavy atom. The fourth-order valence-electron chi connectivity index (χ4n) is 3.47. The molecule has 0 spiro atoms. The van der Waals surface area contributed by atoms with Crippen molar-refractivity contribution in [2.24, 2.45) is 0 Å². The van der Waals surface area contributed by atoms with Crippen molar-refractivity contribution >= 4 is 0 Å². The Morgan fingerprint density at radius 1 is 1.22 bits per heavy atom. The standard InChI is InChI=1S/C21H20N4O2/c1-27-18-4-2-3-17(11-18)25-21(26)19-14-24(10-9-20(19)23-25)13-16-7-5-15(12-22)6-8-16/h2-8,11,23H,9-10,13-14H2,1H3. The lowest BCUT2D eigenvalue weighted by Crippen LogP contribution is -2.32. The van der Waals surface area contributed by atoms with Crippen molar-refractivity contribution in [3.63, 3.8) is 0 Å². The number of rotatable bonds is 4. The summed E-state index contributed by atoms with van der Waals surface area (Å²) in [5.74, 6) is 0.717. The number of fused-ring (bicyclic) bond motifs is 1. The van der Waals surface area contributed by atoms with Gasteiger partial charge in [-0.1, -0.05) is 18.2 Å². The van der Waals surface area contributed by atoms with E-state index in [1.165, 1.54) is 0 Å². The molecule has 6 heteroatoms. The number of nitrogens with zero attached hydrogens (tertiary/aromatic N) is 3. The van der Waals surface area contributed by atoms with Crippen molar-refractivity contribution in [1.82, 2.24) is 14.7 Å². The highest BCUT2D eigenvalue weighted by atomic mass is 16.5. The third kappa shape index (κ3) is 3.37. The maximum Gasteiger partial charge on any atom is 0.275 e. The van der Waals surface area contributed by atoms with Crippen molar-refractivity contribution in [2.75, 3.05) is 13.7 Å². The maximum absolute atomic E-state index is 12.9. The normalized spacial score (nSPS) is 13.8. The Bertz CT molecular complexity index is 1060. The van der Waals surface area contributed by atoms with Gasteiger partial charge in [-0.3, -0.25) is 14.8 Å². The minimum absolute atomic E-state index is 0.0113. The highest BCUT2D eigenvalue weighted by Gasteiger charge is 2.23. The number of H-pyrrole nitrogens is 1. The van der Waals surface area contributed by atoms with Crippen LogP contribution in [0, 0.1) is 11.3 Å². The molecule has 1 N–H and O–H groups in total. The van der Waals surface area contributed by atoms with E-state index in [0.29, 0.717) is 12.1 Å². The minimum Gasteiger partial charge on any atom is -0.497 e. The topological polar surface area (TPSA) is 74.0 Å². The van der Waals surface area contributed by atoms with Crippen LogP contribution in [-0.4, -0.2) is 28.3 Å². The first-order chi connectivity index (χ1) is 13.2. The number of hydrogen-bond acceptors (Lipinski definition) is 4. The van der Waals surface area contributed by atoms with E-state index in [2.05, 4.69) is 16.1 Å². The molecule has 2 aromatic carbocycles. The third-order valence-corrected chi connectivity index (χ3v) is 4.93. The van der Waals surface area contributed by atoms with Crippen LogP contribution in [-0.2, 0) is 19.5 Å². The van der Waals surface area contributed by atoms with E-state index in [-0.39, 0.29) is 5.56 Å². The molecular formula is C21H20N4O2. The van der Waals surface area contributed by atoms with Crippen LogP contribution in [0.3, 0.4) is 0 Å². The van der Waals surface area contributed by atoms with Gasteiger partial charge in [0, 0.05) is 37.8 Å². The zero-order valence-electron chi connectivity index (χ0n) is 15.1. The minimum atomic E-state index is -0.0113. The van der Waals surface area contributed by atoms with Gasteiger partial charge < -0.3 is 4.74 Å². The van der Waals surface area contributed by atoms with Crippen molar-refractivity contribution in [3.8, 4) is 17.5 Å². The molecule has 4 rings (SSSR count). The summed E-state index contributed by atoms with van der Waals surface area (Å²) >= 11 is 0. The summed E-state index contributed by atoms with van der Waals surface area (Å²) in [6, 6.07) is 17.2. The van der Waals surface area contributed by atoms with Gasteiger partial charge in [0.2, 0.25) is 0 Å². The van der Waals surface area contributed by atoms with Gasteiger partial charge in [0.1, 0.15) is 5.75 Å². The molecule has 1 aliphatic rings. The summed E-state index contributed by atoms with van der Waals surface area (Å²) in [7, 11) is 1.61. The fraction of sp³-hybridized carbons (Fsp3) is 0.238. The summed E-state index contributed by atoms with van der Waals surface area (Å²) in [6.07, 6.45) is 0.803. The lowest BCUT2D eigenvalue weighted by molar-refractivity contribution is 0.244. The third-order valence-electron chi connectivity index (χ3n) is 4.93. The van der Waals surface area contributed by atoms with Crippen LogP contribution in [0.1, 0.15) is 22.4 Å². The first-order valence-corrected chi connectivity index (χ1v) is 8.86. The quantitative estimate of drug-likeness (QED) is 0.776. The number of nitrogens with one attached hydrogen (secondary N) is 1. The number of ether oxygens (including phenoxy) is 1. The van der Waals surface area contributed by atoms with Crippen LogP contribution in [0.25, 0.3) is 5.69 Å². The zero-order chi connectivity index (χ0) is 18.8. The van der Waals surface area contributed by atoms with Crippen molar-refractivity contribution < 1.29 is 4.74 Å². The maximum atomic E-state index is 12.9. The van der Waals surface area contributed by atoms with Gasteiger partial charge in [0.05, 0.1) is 30.0 Å². The average Bonchev–Trinajstić information content (AvgIpc) is 3.05. The molecule has 0 radical (unpaired) electrons. The van der Waals surface area contributed by atoms with Crippen LogP contribution in [0.2, 0.25) is 0 Å². The SMILES string of the molecule is COc1cccc(-n2[nH]c3c(c2=O)CN(Cc2ccc(C#N)cc2)CC3)c1. The number of hydrogen-bond donors (Lipinski definition) is 1. The van der Waals surface area contributed by atoms with Crippen molar-refractivity contribution in [1.29, 1.82) is 5.26 Å². The molecule has 0 unspecified atom stereocenters. The van der Waals surface area contributed by atoms with E-state index < -0.39 is 0 Å². The van der Waals surface area contributed by atoms with Gasteiger partial charge in [0.25, 0.3) is 5.56 Å². The molecule has 136 valence electrons. The summed E-state index contributed by atoms with van der Waals surface area (Å²) in [5.41, 5.74) is 4.37. The van der Waals surface area contributed by atoms with Crippen LogP contribution in [0.15, 0.2) is 53.3 Å². The van der Waals surface area contributed by atoms with Crippen LogP contribution in [0.4, 0.5) is 0 Å². The molecular weight excluding hydrogens is 340 g/mol. The van der Waals surface area contributed by atoms with Crippen LogP contribution < -0.4 is 10.3 Å². The predicted molar refractivity (Wildman–Crippen MR) is 102 cm³/mol. The van der Waals surface area contributed by atoms with E-state index in [4.69, 9.17) is 10.00 Å². The van der Waals surface area contributed by atoms with E-state index >= 15 is 0 Å². The Morgan fingerprint density at radius 3 is 2.78 bits per heavy atom.